The first kappa shape index (κ1) is 15.6. The van der Waals surface area contributed by atoms with Crippen molar-refractivity contribution in [3.05, 3.63) is 28.8 Å². The monoisotopic (exact) mass is 312 g/mol. The number of urea groups is 1. The van der Waals surface area contributed by atoms with Gasteiger partial charge in [-0.1, -0.05) is 17.7 Å². The van der Waals surface area contributed by atoms with E-state index in [0.29, 0.717) is 10.7 Å². The molecule has 2 amide bonds. The third-order valence-electron chi connectivity index (χ3n) is 3.63. The van der Waals surface area contributed by atoms with Crippen molar-refractivity contribution in [2.45, 2.75) is 13.0 Å². The molecule has 6 nitrogen and oxygen atoms in total. The summed E-state index contributed by atoms with van der Waals surface area (Å²) in [6.07, 6.45) is 0. The molecule has 0 radical (unpaired) electrons. The summed E-state index contributed by atoms with van der Waals surface area (Å²) >= 11 is 5.91. The normalized spacial score (nSPS) is 21.1. The van der Waals surface area contributed by atoms with Crippen LogP contribution in [0.5, 0.6) is 0 Å². The van der Waals surface area contributed by atoms with E-state index in [1.54, 1.807) is 25.2 Å². The molecule has 1 saturated heterocycles. The highest BCUT2D eigenvalue weighted by Crippen LogP contribution is 2.23. The number of aryl methyl sites for hydroxylation is 1. The van der Waals surface area contributed by atoms with Crippen LogP contribution in [0.1, 0.15) is 5.56 Å². The zero-order valence-corrected chi connectivity index (χ0v) is 12.6. The number of hydrogen-bond donors (Lipinski definition) is 2. The largest absolute Gasteiger partial charge is 0.481 e. The first-order chi connectivity index (χ1) is 9.90. The number of carboxylic acids is 1. The fourth-order valence-electron chi connectivity index (χ4n) is 2.24. The second kappa shape index (κ2) is 6.32. The molecule has 0 aliphatic carbocycles. The van der Waals surface area contributed by atoms with E-state index >= 15 is 0 Å². The zero-order chi connectivity index (χ0) is 15.6. The number of benzene rings is 1. The van der Waals surface area contributed by atoms with Gasteiger partial charge in [0, 0.05) is 17.8 Å². The maximum atomic E-state index is 12.3. The molecule has 0 spiro atoms. The number of nitrogens with one attached hydrogen (secondary N) is 1. The SMILES string of the molecule is Cc1ccc(Cl)cc1NC(=O)N(C)C1COCC1C(=O)O. The Bertz CT molecular complexity index is 564. The molecule has 1 heterocycles. The lowest BCUT2D eigenvalue weighted by Crippen LogP contribution is -2.46. The Balaban J connectivity index is 2.09. The van der Waals surface area contributed by atoms with Crippen molar-refractivity contribution in [3.63, 3.8) is 0 Å². The Morgan fingerprint density at radius 3 is 2.81 bits per heavy atom. The fraction of sp³-hybridized carbons (Fsp3) is 0.429. The standard InChI is InChI=1S/C14H17ClN2O4/c1-8-3-4-9(15)5-11(8)16-14(20)17(2)12-7-21-6-10(12)13(18)19/h3-5,10,12H,6-7H2,1-2H3,(H,16,20)(H,18,19). The number of hydrogen-bond acceptors (Lipinski definition) is 3. The van der Waals surface area contributed by atoms with Crippen LogP contribution in [0, 0.1) is 12.8 Å². The lowest BCUT2D eigenvalue weighted by atomic mass is 10.0. The maximum absolute atomic E-state index is 12.3. The van der Waals surface area contributed by atoms with E-state index in [-0.39, 0.29) is 19.2 Å². The summed E-state index contributed by atoms with van der Waals surface area (Å²) < 4.78 is 5.17. The van der Waals surface area contributed by atoms with E-state index in [0.717, 1.165) is 5.56 Å². The predicted octanol–water partition coefficient (Wildman–Crippen LogP) is 2.21. The van der Waals surface area contributed by atoms with Gasteiger partial charge in [0.25, 0.3) is 0 Å². The Kier molecular flexibility index (Phi) is 4.69. The van der Waals surface area contributed by atoms with Gasteiger partial charge in [-0.2, -0.15) is 0 Å². The molecule has 1 aromatic rings. The quantitative estimate of drug-likeness (QED) is 0.897. The van der Waals surface area contributed by atoms with Gasteiger partial charge in [-0.15, -0.1) is 0 Å². The average Bonchev–Trinajstić information content (AvgIpc) is 2.91. The van der Waals surface area contributed by atoms with Gasteiger partial charge in [0.15, 0.2) is 0 Å². The second-order valence-electron chi connectivity index (χ2n) is 5.05. The zero-order valence-electron chi connectivity index (χ0n) is 11.8. The van der Waals surface area contributed by atoms with Crippen molar-refractivity contribution >= 4 is 29.3 Å². The topological polar surface area (TPSA) is 78.9 Å². The molecular formula is C14H17ClN2O4. The highest BCUT2D eigenvalue weighted by atomic mass is 35.5. The molecule has 7 heteroatoms. The van der Waals surface area contributed by atoms with E-state index in [9.17, 15) is 9.59 Å². The number of carbonyl (C=O) groups is 2. The number of anilines is 1. The third kappa shape index (κ3) is 3.46. The molecule has 0 saturated carbocycles. The molecule has 2 rings (SSSR count). The molecule has 21 heavy (non-hydrogen) atoms. The van der Waals surface area contributed by atoms with E-state index in [1.807, 2.05) is 6.92 Å². The number of carbonyl (C=O) groups excluding carboxylic acids is 1. The predicted molar refractivity (Wildman–Crippen MR) is 78.7 cm³/mol. The van der Waals surface area contributed by atoms with E-state index in [1.165, 1.54) is 4.90 Å². The highest BCUT2D eigenvalue weighted by molar-refractivity contribution is 6.31. The van der Waals surface area contributed by atoms with Crippen molar-refractivity contribution in [1.29, 1.82) is 0 Å². The van der Waals surface area contributed by atoms with Gasteiger partial charge in [-0.05, 0) is 24.6 Å². The lowest BCUT2D eigenvalue weighted by molar-refractivity contribution is -0.142. The van der Waals surface area contributed by atoms with Crippen LogP contribution in [0.25, 0.3) is 0 Å². The summed E-state index contributed by atoms with van der Waals surface area (Å²) in [7, 11) is 1.56. The Morgan fingerprint density at radius 1 is 1.43 bits per heavy atom. The summed E-state index contributed by atoms with van der Waals surface area (Å²) in [6, 6.07) is 4.32. The van der Waals surface area contributed by atoms with Crippen LogP contribution in [0.15, 0.2) is 18.2 Å². The summed E-state index contributed by atoms with van der Waals surface area (Å²) in [4.78, 5) is 24.8. The van der Waals surface area contributed by atoms with Crippen LogP contribution in [-0.4, -0.2) is 48.3 Å². The van der Waals surface area contributed by atoms with Crippen molar-refractivity contribution < 1.29 is 19.4 Å². The highest BCUT2D eigenvalue weighted by Gasteiger charge is 2.38. The molecule has 0 aromatic heterocycles. The van der Waals surface area contributed by atoms with Gasteiger partial charge >= 0.3 is 12.0 Å². The van der Waals surface area contributed by atoms with Crippen LogP contribution in [0.3, 0.4) is 0 Å². The third-order valence-corrected chi connectivity index (χ3v) is 3.86. The number of amides is 2. The molecule has 2 unspecified atom stereocenters. The van der Waals surface area contributed by atoms with Crippen molar-refractivity contribution in [3.8, 4) is 0 Å². The molecule has 1 aromatic carbocycles. The summed E-state index contributed by atoms with van der Waals surface area (Å²) in [5, 5.41) is 12.4. The van der Waals surface area contributed by atoms with E-state index < -0.39 is 17.9 Å². The van der Waals surface area contributed by atoms with Gasteiger partial charge in [-0.25, -0.2) is 4.79 Å². The minimum atomic E-state index is -0.962. The summed E-state index contributed by atoms with van der Waals surface area (Å²) in [5.41, 5.74) is 1.48. The van der Waals surface area contributed by atoms with Gasteiger partial charge in [-0.3, -0.25) is 4.79 Å². The van der Waals surface area contributed by atoms with Crippen LogP contribution in [0.4, 0.5) is 10.5 Å². The van der Waals surface area contributed by atoms with Gasteiger partial charge in [0.1, 0.15) is 5.92 Å². The molecule has 1 aliphatic heterocycles. The lowest BCUT2D eigenvalue weighted by Gasteiger charge is -2.26. The number of nitrogens with zero attached hydrogens (tertiary/aromatic N) is 1. The van der Waals surface area contributed by atoms with Gasteiger partial charge < -0.3 is 20.1 Å². The number of likely N-dealkylation sites (N-methyl/N-ethyl adjacent to an activating group) is 1. The summed E-state index contributed by atoms with van der Waals surface area (Å²) in [6.45, 7) is 2.19. The number of rotatable bonds is 3. The maximum Gasteiger partial charge on any atom is 0.321 e. The van der Waals surface area contributed by atoms with Gasteiger partial charge in [0.2, 0.25) is 0 Å². The first-order valence-electron chi connectivity index (χ1n) is 6.50. The Hall–Kier alpha value is -1.79. The minimum absolute atomic E-state index is 0.119. The Morgan fingerprint density at radius 2 is 2.14 bits per heavy atom. The molecule has 2 N–H and O–H groups in total. The van der Waals surface area contributed by atoms with Crippen LogP contribution in [-0.2, 0) is 9.53 Å². The molecule has 0 bridgehead atoms. The number of halogens is 1. The number of carboxylic acid groups (broad SMARTS) is 1. The Labute approximate surface area is 127 Å². The molecule has 114 valence electrons. The first-order valence-corrected chi connectivity index (χ1v) is 6.88. The fourth-order valence-corrected chi connectivity index (χ4v) is 2.42. The number of ether oxygens (including phenoxy) is 1. The van der Waals surface area contributed by atoms with Crippen molar-refractivity contribution in [2.75, 3.05) is 25.6 Å². The average molecular weight is 313 g/mol. The van der Waals surface area contributed by atoms with E-state index in [2.05, 4.69) is 5.32 Å². The van der Waals surface area contributed by atoms with Crippen LogP contribution in [0.2, 0.25) is 5.02 Å². The molecule has 1 aliphatic rings. The molecule has 2 atom stereocenters. The van der Waals surface area contributed by atoms with Crippen LogP contribution < -0.4 is 5.32 Å². The van der Waals surface area contributed by atoms with Gasteiger partial charge in [0.05, 0.1) is 19.3 Å². The summed E-state index contributed by atoms with van der Waals surface area (Å²) in [5.74, 6) is -1.67. The van der Waals surface area contributed by atoms with Crippen molar-refractivity contribution in [1.82, 2.24) is 4.90 Å². The molecular weight excluding hydrogens is 296 g/mol. The number of aliphatic carboxylic acids is 1. The minimum Gasteiger partial charge on any atom is -0.481 e. The van der Waals surface area contributed by atoms with Crippen LogP contribution >= 0.6 is 11.6 Å². The second-order valence-corrected chi connectivity index (χ2v) is 5.49. The van der Waals surface area contributed by atoms with E-state index in [4.69, 9.17) is 21.4 Å². The molecule has 1 fully saturated rings. The van der Waals surface area contributed by atoms with Crippen molar-refractivity contribution in [2.24, 2.45) is 5.92 Å². The smallest absolute Gasteiger partial charge is 0.321 e.